The summed E-state index contributed by atoms with van der Waals surface area (Å²) in [5, 5.41) is 8.80. The molecule has 0 fully saturated rings. The lowest BCUT2D eigenvalue weighted by molar-refractivity contribution is 0.837. The molecular weight excluding hydrogens is 230 g/mol. The van der Waals surface area contributed by atoms with Gasteiger partial charge in [0.1, 0.15) is 0 Å². The predicted octanol–water partition coefficient (Wildman–Crippen LogP) is 3.64. The molecule has 0 N–H and O–H groups in total. The van der Waals surface area contributed by atoms with Crippen molar-refractivity contribution in [2.45, 2.75) is 32.1 Å². The number of hydrogen-bond donors (Lipinski definition) is 0. The Morgan fingerprint density at radius 1 is 0.789 bits per heavy atom. The molecule has 0 radical (unpaired) electrons. The largest absolute Gasteiger partial charge is 0.198 e. The lowest BCUT2D eigenvalue weighted by Crippen LogP contribution is -2.07. The van der Waals surface area contributed by atoms with Crippen LogP contribution in [-0.4, -0.2) is 0 Å². The van der Waals surface area contributed by atoms with Crippen LogP contribution in [0, 0.1) is 11.3 Å². The van der Waals surface area contributed by atoms with Gasteiger partial charge in [0.15, 0.2) is 0 Å². The van der Waals surface area contributed by atoms with Crippen molar-refractivity contribution in [3.8, 4) is 6.07 Å². The second-order valence-electron chi connectivity index (χ2n) is 5.21. The molecule has 1 heteroatoms. The molecule has 1 aliphatic rings. The topological polar surface area (TPSA) is 23.8 Å². The van der Waals surface area contributed by atoms with Gasteiger partial charge in [-0.05, 0) is 53.5 Å². The van der Waals surface area contributed by atoms with E-state index in [1.807, 2.05) is 0 Å². The number of hydrogen-bond acceptors (Lipinski definition) is 1. The van der Waals surface area contributed by atoms with E-state index in [9.17, 15) is 0 Å². The molecule has 19 heavy (non-hydrogen) atoms. The molecule has 2 aromatic carbocycles. The third kappa shape index (κ3) is 2.53. The zero-order chi connectivity index (χ0) is 13.1. The fourth-order valence-electron chi connectivity index (χ4n) is 2.94. The van der Waals surface area contributed by atoms with Gasteiger partial charge in [0.25, 0.3) is 0 Å². The van der Waals surface area contributed by atoms with Crippen LogP contribution >= 0.6 is 0 Å². The Morgan fingerprint density at radius 3 is 2.00 bits per heavy atom. The van der Waals surface area contributed by atoms with Crippen molar-refractivity contribution >= 4 is 0 Å². The normalized spacial score (nSPS) is 13.6. The van der Waals surface area contributed by atoms with Gasteiger partial charge in [0, 0.05) is 0 Å². The maximum atomic E-state index is 8.80. The molecule has 2 aromatic rings. The van der Waals surface area contributed by atoms with Gasteiger partial charge in [-0.1, -0.05) is 42.5 Å². The van der Waals surface area contributed by atoms with Crippen molar-refractivity contribution in [3.63, 3.8) is 0 Å². The first-order chi connectivity index (χ1) is 9.36. The Hall–Kier alpha value is -2.07. The highest BCUT2D eigenvalue weighted by atomic mass is 14.2. The number of benzene rings is 2. The van der Waals surface area contributed by atoms with Gasteiger partial charge in [-0.25, -0.2) is 0 Å². The van der Waals surface area contributed by atoms with E-state index in [-0.39, 0.29) is 0 Å². The minimum absolute atomic E-state index is 0.518. The Morgan fingerprint density at radius 2 is 1.37 bits per heavy atom. The molecule has 0 atom stereocenters. The lowest BCUT2D eigenvalue weighted by atomic mass is 9.88. The first kappa shape index (κ1) is 12.0. The van der Waals surface area contributed by atoms with Crippen LogP contribution in [0.4, 0.5) is 0 Å². The molecule has 0 heterocycles. The lowest BCUT2D eigenvalue weighted by Gasteiger charge is -2.17. The van der Waals surface area contributed by atoms with E-state index in [4.69, 9.17) is 5.26 Å². The average molecular weight is 247 g/mol. The minimum atomic E-state index is 0.518. The average Bonchev–Trinajstić information content (AvgIpc) is 2.42. The molecule has 0 bridgehead atoms. The highest BCUT2D eigenvalue weighted by molar-refractivity contribution is 5.38. The van der Waals surface area contributed by atoms with Crippen molar-refractivity contribution in [2.75, 3.05) is 0 Å². The van der Waals surface area contributed by atoms with Crippen LogP contribution in [0.3, 0.4) is 0 Å². The van der Waals surface area contributed by atoms with Gasteiger partial charge in [-0.15, -0.1) is 0 Å². The molecule has 0 saturated heterocycles. The quantitative estimate of drug-likeness (QED) is 0.754. The van der Waals surface area contributed by atoms with Gasteiger partial charge >= 0.3 is 0 Å². The molecule has 0 unspecified atom stereocenters. The first-order valence-corrected chi connectivity index (χ1v) is 6.91. The van der Waals surface area contributed by atoms with Gasteiger partial charge < -0.3 is 0 Å². The Labute approximate surface area is 114 Å². The molecule has 0 aromatic heterocycles. The second-order valence-corrected chi connectivity index (χ2v) is 5.21. The zero-order valence-corrected chi connectivity index (χ0v) is 11.0. The van der Waals surface area contributed by atoms with Crippen LogP contribution in [0.25, 0.3) is 0 Å². The van der Waals surface area contributed by atoms with Gasteiger partial charge in [0.2, 0.25) is 0 Å². The van der Waals surface area contributed by atoms with Crippen molar-refractivity contribution < 1.29 is 0 Å². The van der Waals surface area contributed by atoms with Crippen molar-refractivity contribution in [3.05, 3.63) is 70.3 Å². The monoisotopic (exact) mass is 247 g/mol. The summed E-state index contributed by atoms with van der Waals surface area (Å²) < 4.78 is 0. The van der Waals surface area contributed by atoms with E-state index in [2.05, 4.69) is 48.5 Å². The summed E-state index contributed by atoms with van der Waals surface area (Å²) in [6, 6.07) is 17.6. The smallest absolute Gasteiger partial charge is 0.0669 e. The van der Waals surface area contributed by atoms with Crippen LogP contribution < -0.4 is 0 Å². The number of nitriles is 1. The molecule has 0 spiro atoms. The Kier molecular flexibility index (Phi) is 3.33. The molecular formula is C18H17N. The third-order valence-electron chi connectivity index (χ3n) is 4.00. The molecule has 3 rings (SSSR count). The van der Waals surface area contributed by atoms with Crippen LogP contribution in [-0.2, 0) is 32.1 Å². The van der Waals surface area contributed by atoms with E-state index in [0.717, 1.165) is 31.2 Å². The molecule has 0 amide bonds. The number of aryl methyl sites for hydroxylation is 4. The Bertz CT molecular complexity index is 634. The van der Waals surface area contributed by atoms with E-state index in [0.29, 0.717) is 6.42 Å². The van der Waals surface area contributed by atoms with E-state index < -0.39 is 0 Å². The summed E-state index contributed by atoms with van der Waals surface area (Å²) in [7, 11) is 0. The molecule has 1 nitrogen and oxygen atoms in total. The van der Waals surface area contributed by atoms with Crippen molar-refractivity contribution in [2.24, 2.45) is 0 Å². The molecule has 0 saturated carbocycles. The highest BCUT2D eigenvalue weighted by Crippen LogP contribution is 2.23. The van der Waals surface area contributed by atoms with Crippen molar-refractivity contribution in [1.82, 2.24) is 0 Å². The summed E-state index contributed by atoms with van der Waals surface area (Å²) in [6.07, 6.45) is 4.95. The molecule has 1 aliphatic carbocycles. The van der Waals surface area contributed by atoms with Gasteiger partial charge in [-0.2, -0.15) is 5.26 Å². The fourth-order valence-corrected chi connectivity index (χ4v) is 2.94. The van der Waals surface area contributed by atoms with Crippen LogP contribution in [0.5, 0.6) is 0 Å². The first-order valence-electron chi connectivity index (χ1n) is 6.91. The zero-order valence-electron chi connectivity index (χ0n) is 11.0. The molecule has 0 aliphatic heterocycles. The van der Waals surface area contributed by atoms with Crippen LogP contribution in [0.1, 0.15) is 27.8 Å². The van der Waals surface area contributed by atoms with Crippen molar-refractivity contribution in [1.29, 1.82) is 5.26 Å². The van der Waals surface area contributed by atoms with Crippen LogP contribution in [0.2, 0.25) is 0 Å². The van der Waals surface area contributed by atoms with Gasteiger partial charge in [0.05, 0.1) is 12.5 Å². The van der Waals surface area contributed by atoms with E-state index >= 15 is 0 Å². The number of nitrogens with zero attached hydrogens (tertiary/aromatic N) is 1. The summed E-state index contributed by atoms with van der Waals surface area (Å²) in [5.41, 5.74) is 7.02. The summed E-state index contributed by atoms with van der Waals surface area (Å²) in [5.74, 6) is 0. The number of rotatable bonds is 1. The van der Waals surface area contributed by atoms with Gasteiger partial charge in [-0.3, -0.25) is 0 Å². The summed E-state index contributed by atoms with van der Waals surface area (Å²) in [4.78, 5) is 0. The Balaban J connectivity index is 1.91. The second kappa shape index (κ2) is 5.28. The summed E-state index contributed by atoms with van der Waals surface area (Å²) >= 11 is 0. The predicted molar refractivity (Wildman–Crippen MR) is 77.0 cm³/mol. The third-order valence-corrected chi connectivity index (χ3v) is 4.00. The van der Waals surface area contributed by atoms with Crippen LogP contribution in [0.15, 0.2) is 42.5 Å². The standard InChI is InChI=1S/C18H17N/c19-12-11-14-5-6-17-8-7-15-3-1-2-4-16(15)9-10-18(17)13-14/h1-6,13H,7-11H2. The summed E-state index contributed by atoms with van der Waals surface area (Å²) in [6.45, 7) is 0. The SMILES string of the molecule is N#CCc1ccc2c(c1)CCc1ccccc1CC2. The fraction of sp³-hybridized carbons (Fsp3) is 0.278. The number of fused-ring (bicyclic) bond motifs is 2. The minimum Gasteiger partial charge on any atom is -0.198 e. The van der Waals surface area contributed by atoms with E-state index in [1.54, 1.807) is 0 Å². The maximum absolute atomic E-state index is 8.80. The maximum Gasteiger partial charge on any atom is 0.0669 e. The molecule has 94 valence electrons. The highest BCUT2D eigenvalue weighted by Gasteiger charge is 2.11. The van der Waals surface area contributed by atoms with E-state index in [1.165, 1.54) is 22.3 Å².